The Labute approximate surface area is 73.6 Å². The van der Waals surface area contributed by atoms with E-state index in [9.17, 15) is 4.79 Å². The third kappa shape index (κ3) is 2.68. The molecule has 0 radical (unpaired) electrons. The Morgan fingerprint density at radius 1 is 1.50 bits per heavy atom. The average molecular weight is 168 g/mol. The monoisotopic (exact) mass is 168 g/mol. The van der Waals surface area contributed by atoms with Crippen molar-refractivity contribution >= 4 is 5.97 Å². The summed E-state index contributed by atoms with van der Waals surface area (Å²) in [5.74, 6) is 1.00. The van der Waals surface area contributed by atoms with Crippen molar-refractivity contribution in [2.75, 3.05) is 6.61 Å². The molecule has 1 aliphatic carbocycles. The number of carbonyl (C=O) groups excluding carboxylic acids is 1. The first-order valence-electron chi connectivity index (χ1n) is 4.48. The zero-order valence-corrected chi connectivity index (χ0v) is 7.75. The van der Waals surface area contributed by atoms with Gasteiger partial charge in [-0.05, 0) is 24.7 Å². The van der Waals surface area contributed by atoms with Crippen LogP contribution in [0.4, 0.5) is 0 Å². The lowest BCUT2D eigenvalue weighted by molar-refractivity contribution is -0.142. The summed E-state index contributed by atoms with van der Waals surface area (Å²) in [4.78, 5) is 10.6. The molecule has 0 unspecified atom stereocenters. The van der Waals surface area contributed by atoms with Gasteiger partial charge in [-0.3, -0.25) is 4.79 Å². The predicted molar refractivity (Wildman–Crippen MR) is 47.7 cm³/mol. The van der Waals surface area contributed by atoms with Crippen LogP contribution in [-0.2, 0) is 9.53 Å². The SMILES string of the molecule is CC(=O)OC[C@@H]1CC=CC[C@@H]1C. The van der Waals surface area contributed by atoms with E-state index >= 15 is 0 Å². The number of carbonyl (C=O) groups is 1. The molecule has 12 heavy (non-hydrogen) atoms. The van der Waals surface area contributed by atoms with Crippen molar-refractivity contribution in [2.24, 2.45) is 11.8 Å². The zero-order chi connectivity index (χ0) is 8.97. The van der Waals surface area contributed by atoms with Crippen molar-refractivity contribution in [2.45, 2.75) is 26.7 Å². The molecule has 0 aromatic heterocycles. The Bertz CT molecular complexity index is 184. The first-order chi connectivity index (χ1) is 5.70. The van der Waals surface area contributed by atoms with Gasteiger partial charge >= 0.3 is 5.97 Å². The number of allylic oxidation sites excluding steroid dienone is 2. The maximum absolute atomic E-state index is 10.6. The molecule has 0 fully saturated rings. The van der Waals surface area contributed by atoms with Crippen LogP contribution in [0.15, 0.2) is 12.2 Å². The van der Waals surface area contributed by atoms with Gasteiger partial charge in [-0.2, -0.15) is 0 Å². The van der Waals surface area contributed by atoms with Gasteiger partial charge in [0, 0.05) is 6.92 Å². The van der Waals surface area contributed by atoms with E-state index in [1.807, 2.05) is 0 Å². The van der Waals surface area contributed by atoms with Gasteiger partial charge in [0.1, 0.15) is 0 Å². The number of hydrogen-bond donors (Lipinski definition) is 0. The highest BCUT2D eigenvalue weighted by atomic mass is 16.5. The summed E-state index contributed by atoms with van der Waals surface area (Å²) >= 11 is 0. The topological polar surface area (TPSA) is 26.3 Å². The van der Waals surface area contributed by atoms with Crippen molar-refractivity contribution in [1.82, 2.24) is 0 Å². The van der Waals surface area contributed by atoms with Crippen LogP contribution in [0.2, 0.25) is 0 Å². The molecule has 68 valence electrons. The van der Waals surface area contributed by atoms with Crippen LogP contribution in [0.25, 0.3) is 0 Å². The van der Waals surface area contributed by atoms with E-state index in [4.69, 9.17) is 4.74 Å². The van der Waals surface area contributed by atoms with Crippen LogP contribution < -0.4 is 0 Å². The van der Waals surface area contributed by atoms with Crippen molar-refractivity contribution in [3.8, 4) is 0 Å². The second kappa shape index (κ2) is 4.29. The highest BCUT2D eigenvalue weighted by Crippen LogP contribution is 2.24. The lowest BCUT2D eigenvalue weighted by Crippen LogP contribution is -2.20. The molecule has 0 saturated heterocycles. The highest BCUT2D eigenvalue weighted by molar-refractivity contribution is 5.65. The Kier molecular flexibility index (Phi) is 3.32. The number of hydrogen-bond acceptors (Lipinski definition) is 2. The Hall–Kier alpha value is -0.790. The molecular weight excluding hydrogens is 152 g/mol. The zero-order valence-electron chi connectivity index (χ0n) is 7.75. The summed E-state index contributed by atoms with van der Waals surface area (Å²) in [6.07, 6.45) is 6.55. The predicted octanol–water partition coefficient (Wildman–Crippen LogP) is 2.15. The first-order valence-corrected chi connectivity index (χ1v) is 4.48. The first kappa shape index (κ1) is 9.30. The van der Waals surface area contributed by atoms with E-state index in [1.165, 1.54) is 6.92 Å². The van der Waals surface area contributed by atoms with Crippen LogP contribution in [-0.4, -0.2) is 12.6 Å². The summed E-state index contributed by atoms with van der Waals surface area (Å²) in [5, 5.41) is 0. The molecule has 0 amide bonds. The maximum atomic E-state index is 10.6. The molecule has 0 spiro atoms. The van der Waals surface area contributed by atoms with E-state index < -0.39 is 0 Å². The fourth-order valence-corrected chi connectivity index (χ4v) is 1.46. The van der Waals surface area contributed by atoms with Gasteiger partial charge < -0.3 is 4.74 Å². The van der Waals surface area contributed by atoms with Gasteiger partial charge in [0.05, 0.1) is 6.61 Å². The van der Waals surface area contributed by atoms with Gasteiger partial charge in [-0.25, -0.2) is 0 Å². The molecular formula is C10H16O2. The van der Waals surface area contributed by atoms with Crippen LogP contribution in [0.5, 0.6) is 0 Å². The van der Waals surface area contributed by atoms with Crippen LogP contribution >= 0.6 is 0 Å². The molecule has 0 heterocycles. The molecule has 0 aromatic rings. The molecule has 0 N–H and O–H groups in total. The van der Waals surface area contributed by atoms with E-state index in [-0.39, 0.29) is 5.97 Å². The summed E-state index contributed by atoms with van der Waals surface area (Å²) < 4.78 is 4.98. The van der Waals surface area contributed by atoms with E-state index in [2.05, 4.69) is 19.1 Å². The lowest BCUT2D eigenvalue weighted by atomic mass is 9.85. The second-order valence-electron chi connectivity index (χ2n) is 3.48. The quantitative estimate of drug-likeness (QED) is 0.466. The molecule has 1 aliphatic rings. The van der Waals surface area contributed by atoms with Gasteiger partial charge in [-0.1, -0.05) is 19.1 Å². The smallest absolute Gasteiger partial charge is 0.302 e. The van der Waals surface area contributed by atoms with Gasteiger partial charge in [0.25, 0.3) is 0 Å². The fourth-order valence-electron chi connectivity index (χ4n) is 1.46. The molecule has 2 heteroatoms. The minimum atomic E-state index is -0.170. The summed E-state index contributed by atoms with van der Waals surface area (Å²) in [7, 11) is 0. The Morgan fingerprint density at radius 3 is 2.75 bits per heavy atom. The molecule has 2 atom stereocenters. The fraction of sp³-hybridized carbons (Fsp3) is 0.700. The molecule has 0 bridgehead atoms. The summed E-state index contributed by atoms with van der Waals surface area (Å²) in [6, 6.07) is 0. The van der Waals surface area contributed by atoms with E-state index in [0.717, 1.165) is 12.8 Å². The molecule has 0 aliphatic heterocycles. The average Bonchev–Trinajstić information content (AvgIpc) is 2.03. The summed E-state index contributed by atoms with van der Waals surface area (Å²) in [5.41, 5.74) is 0. The maximum Gasteiger partial charge on any atom is 0.302 e. The minimum Gasteiger partial charge on any atom is -0.466 e. The number of ether oxygens (including phenoxy) is 1. The van der Waals surface area contributed by atoms with E-state index in [0.29, 0.717) is 18.4 Å². The normalized spacial score (nSPS) is 28.5. The van der Waals surface area contributed by atoms with Crippen molar-refractivity contribution in [3.05, 3.63) is 12.2 Å². The Balaban J connectivity index is 2.31. The van der Waals surface area contributed by atoms with Crippen molar-refractivity contribution in [1.29, 1.82) is 0 Å². The second-order valence-corrected chi connectivity index (χ2v) is 3.48. The highest BCUT2D eigenvalue weighted by Gasteiger charge is 2.18. The third-order valence-electron chi connectivity index (χ3n) is 2.42. The third-order valence-corrected chi connectivity index (χ3v) is 2.42. The number of rotatable bonds is 2. The van der Waals surface area contributed by atoms with Crippen LogP contribution in [0.1, 0.15) is 26.7 Å². The Morgan fingerprint density at radius 2 is 2.17 bits per heavy atom. The summed E-state index contributed by atoms with van der Waals surface area (Å²) in [6.45, 7) is 4.25. The lowest BCUT2D eigenvalue weighted by Gasteiger charge is -2.24. The largest absolute Gasteiger partial charge is 0.466 e. The van der Waals surface area contributed by atoms with Gasteiger partial charge in [0.15, 0.2) is 0 Å². The minimum absolute atomic E-state index is 0.170. The molecule has 1 rings (SSSR count). The van der Waals surface area contributed by atoms with Crippen LogP contribution in [0.3, 0.4) is 0 Å². The van der Waals surface area contributed by atoms with Gasteiger partial charge in [-0.15, -0.1) is 0 Å². The van der Waals surface area contributed by atoms with E-state index in [1.54, 1.807) is 0 Å². The molecule has 0 saturated carbocycles. The molecule has 0 aromatic carbocycles. The van der Waals surface area contributed by atoms with Crippen molar-refractivity contribution < 1.29 is 9.53 Å². The molecule has 2 nitrogen and oxygen atoms in total. The number of esters is 1. The van der Waals surface area contributed by atoms with Crippen molar-refractivity contribution in [3.63, 3.8) is 0 Å². The standard InChI is InChI=1S/C10H16O2/c1-8-5-3-4-6-10(8)7-12-9(2)11/h3-4,8,10H,5-7H2,1-2H3/t8-,10-/m0/s1. The van der Waals surface area contributed by atoms with Crippen LogP contribution in [0, 0.1) is 11.8 Å². The van der Waals surface area contributed by atoms with Gasteiger partial charge in [0.2, 0.25) is 0 Å².